The third kappa shape index (κ3) is 6.68. The van der Waals surface area contributed by atoms with Gasteiger partial charge in [-0.15, -0.1) is 0 Å². The highest BCUT2D eigenvalue weighted by Gasteiger charge is 2.23. The van der Waals surface area contributed by atoms with Crippen molar-refractivity contribution in [3.8, 4) is 90.8 Å². The average molecular weight is 754 g/mol. The second-order valence-electron chi connectivity index (χ2n) is 14.3. The van der Waals surface area contributed by atoms with Crippen LogP contribution in [-0.4, -0.2) is 15.0 Å². The number of furan rings is 1. The predicted molar refractivity (Wildman–Crippen MR) is 235 cm³/mol. The zero-order valence-electron chi connectivity index (χ0n) is 31.5. The molecule has 0 radical (unpaired) electrons. The molecule has 0 N–H and O–H groups in total. The van der Waals surface area contributed by atoms with E-state index in [-0.39, 0.29) is 0 Å². The first-order valence-electron chi connectivity index (χ1n) is 19.2. The number of fused-ring (bicyclic) bond motifs is 3. The van der Waals surface area contributed by atoms with E-state index in [0.717, 1.165) is 77.6 Å². The van der Waals surface area contributed by atoms with E-state index >= 15 is 0 Å². The fourth-order valence-corrected chi connectivity index (χ4v) is 7.62. The van der Waals surface area contributed by atoms with E-state index in [9.17, 15) is 10.5 Å². The number of para-hydroxylation sites is 1. The summed E-state index contributed by atoms with van der Waals surface area (Å²) in [6.45, 7) is 0. The Bertz CT molecular complexity index is 3170. The summed E-state index contributed by atoms with van der Waals surface area (Å²) < 4.78 is 6.78. The number of nitrogens with zero attached hydrogens (tertiary/aromatic N) is 5. The van der Waals surface area contributed by atoms with Crippen LogP contribution in [0.5, 0.6) is 0 Å². The lowest BCUT2D eigenvalue weighted by molar-refractivity contribution is 0.669. The van der Waals surface area contributed by atoms with Crippen molar-refractivity contribution in [2.75, 3.05) is 0 Å². The average Bonchev–Trinajstić information content (AvgIpc) is 3.70. The molecule has 2 heterocycles. The van der Waals surface area contributed by atoms with Crippen molar-refractivity contribution in [1.29, 1.82) is 10.5 Å². The molecule has 0 amide bonds. The van der Waals surface area contributed by atoms with Crippen LogP contribution in [0.3, 0.4) is 0 Å². The van der Waals surface area contributed by atoms with Crippen molar-refractivity contribution in [2.45, 2.75) is 0 Å². The molecule has 0 saturated carbocycles. The van der Waals surface area contributed by atoms with Gasteiger partial charge in [0.05, 0.1) is 28.8 Å². The number of nitriles is 2. The summed E-state index contributed by atoms with van der Waals surface area (Å²) in [5.41, 5.74) is 12.9. The van der Waals surface area contributed by atoms with E-state index in [1.165, 1.54) is 0 Å². The summed E-state index contributed by atoms with van der Waals surface area (Å²) in [7, 11) is 0. The maximum absolute atomic E-state index is 9.55. The Morgan fingerprint density at radius 2 is 0.797 bits per heavy atom. The molecule has 10 aromatic rings. The summed E-state index contributed by atoms with van der Waals surface area (Å²) in [6.07, 6.45) is 0. The Morgan fingerprint density at radius 3 is 1.39 bits per heavy atom. The van der Waals surface area contributed by atoms with E-state index in [1.807, 2.05) is 115 Å². The van der Waals surface area contributed by atoms with Crippen molar-refractivity contribution in [1.82, 2.24) is 15.0 Å². The topological polar surface area (TPSA) is 99.4 Å². The first-order chi connectivity index (χ1) is 29.1. The molecule has 0 unspecified atom stereocenters. The van der Waals surface area contributed by atoms with Gasteiger partial charge in [0.1, 0.15) is 11.2 Å². The number of rotatable bonds is 7. The molecule has 0 bridgehead atoms. The molecular weight excluding hydrogens is 723 g/mol. The van der Waals surface area contributed by atoms with E-state index in [1.54, 1.807) is 0 Å². The predicted octanol–water partition coefficient (Wildman–Crippen LogP) is 13.2. The molecule has 6 nitrogen and oxygen atoms in total. The fourth-order valence-electron chi connectivity index (χ4n) is 7.62. The summed E-state index contributed by atoms with van der Waals surface area (Å²) in [4.78, 5) is 15.6. The van der Waals surface area contributed by atoms with Gasteiger partial charge in [0.15, 0.2) is 17.5 Å². The maximum Gasteiger partial charge on any atom is 0.168 e. The number of aromatic nitrogens is 3. The second kappa shape index (κ2) is 14.9. The first kappa shape index (κ1) is 35.0. The molecule has 0 aliphatic heterocycles. The third-order valence-corrected chi connectivity index (χ3v) is 10.6. The molecule has 59 heavy (non-hydrogen) atoms. The highest BCUT2D eigenvalue weighted by molar-refractivity contribution is 6.12. The Balaban J connectivity index is 1.24. The molecule has 0 saturated heterocycles. The summed E-state index contributed by atoms with van der Waals surface area (Å²) in [5.74, 6) is 1.56. The highest BCUT2D eigenvalue weighted by Crippen LogP contribution is 2.44. The van der Waals surface area contributed by atoms with Gasteiger partial charge in [-0.3, -0.25) is 0 Å². The molecule has 8 aromatic carbocycles. The Hall–Kier alpha value is -8.45. The lowest BCUT2D eigenvalue weighted by Crippen LogP contribution is -2.01. The fraction of sp³-hybridized carbons (Fsp3) is 0. The van der Waals surface area contributed by atoms with Crippen LogP contribution in [0.2, 0.25) is 0 Å². The molecule has 0 spiro atoms. The van der Waals surface area contributed by atoms with Gasteiger partial charge < -0.3 is 4.42 Å². The lowest BCUT2D eigenvalue weighted by Gasteiger charge is -2.15. The van der Waals surface area contributed by atoms with E-state index in [4.69, 9.17) is 19.4 Å². The lowest BCUT2D eigenvalue weighted by atomic mass is 9.90. The molecule has 0 fully saturated rings. The summed E-state index contributed by atoms with van der Waals surface area (Å²) >= 11 is 0. The molecule has 10 rings (SSSR count). The monoisotopic (exact) mass is 753 g/mol. The van der Waals surface area contributed by atoms with Crippen LogP contribution < -0.4 is 0 Å². The number of hydrogen-bond acceptors (Lipinski definition) is 6. The van der Waals surface area contributed by atoms with Crippen LogP contribution >= 0.6 is 0 Å². The van der Waals surface area contributed by atoms with Crippen molar-refractivity contribution in [3.05, 3.63) is 199 Å². The quantitative estimate of drug-likeness (QED) is 0.161. The molecule has 6 heteroatoms. The van der Waals surface area contributed by atoms with Crippen LogP contribution in [0.4, 0.5) is 0 Å². The number of benzene rings is 8. The van der Waals surface area contributed by atoms with Crippen LogP contribution in [-0.2, 0) is 0 Å². The standard InChI is InChI=1S/C53H31N5O/c54-32-34-15-19-38(20-16-34)42-29-43(39-21-17-35(33-55)18-22-39)31-44(30-42)45-27-28-47-46-13-7-8-14-48(46)59-50(47)49(45)53-57-51(40-11-5-2-6-12-40)56-52(58-53)41-25-23-37(24-26-41)36-9-3-1-4-10-36/h1-31H. The van der Waals surface area contributed by atoms with Gasteiger partial charge in [-0.2, -0.15) is 10.5 Å². The molecule has 0 aliphatic carbocycles. The van der Waals surface area contributed by atoms with Crippen LogP contribution in [0, 0.1) is 22.7 Å². The third-order valence-electron chi connectivity index (χ3n) is 10.6. The molecular formula is C53H31N5O. The smallest absolute Gasteiger partial charge is 0.168 e. The zero-order valence-corrected chi connectivity index (χ0v) is 31.5. The van der Waals surface area contributed by atoms with Crippen molar-refractivity contribution < 1.29 is 4.42 Å². The molecule has 0 atom stereocenters. The minimum Gasteiger partial charge on any atom is -0.455 e. The molecule has 274 valence electrons. The maximum atomic E-state index is 9.55. The van der Waals surface area contributed by atoms with Crippen LogP contribution in [0.1, 0.15) is 11.1 Å². The van der Waals surface area contributed by atoms with E-state index in [2.05, 4.69) is 84.9 Å². The van der Waals surface area contributed by atoms with Gasteiger partial charge in [-0.25, -0.2) is 15.0 Å². The van der Waals surface area contributed by atoms with Gasteiger partial charge in [0.25, 0.3) is 0 Å². The second-order valence-corrected chi connectivity index (χ2v) is 14.3. The minimum absolute atomic E-state index is 0.476. The zero-order chi connectivity index (χ0) is 39.7. The highest BCUT2D eigenvalue weighted by atomic mass is 16.3. The number of hydrogen-bond donors (Lipinski definition) is 0. The van der Waals surface area contributed by atoms with Gasteiger partial charge in [-0.1, -0.05) is 133 Å². The van der Waals surface area contributed by atoms with E-state index in [0.29, 0.717) is 34.2 Å². The van der Waals surface area contributed by atoms with Crippen LogP contribution in [0.25, 0.3) is 101 Å². The summed E-state index contributed by atoms with van der Waals surface area (Å²) in [5, 5.41) is 21.0. The molecule has 0 aliphatic rings. The van der Waals surface area contributed by atoms with Crippen molar-refractivity contribution in [3.63, 3.8) is 0 Å². The Kier molecular flexibility index (Phi) is 8.84. The Morgan fingerprint density at radius 1 is 0.356 bits per heavy atom. The van der Waals surface area contributed by atoms with Crippen molar-refractivity contribution in [2.24, 2.45) is 0 Å². The Labute approximate surface area is 340 Å². The van der Waals surface area contributed by atoms with Crippen LogP contribution in [0.15, 0.2) is 192 Å². The minimum atomic E-state index is 0.476. The normalized spacial score (nSPS) is 11.0. The van der Waals surface area contributed by atoms with Gasteiger partial charge in [0.2, 0.25) is 0 Å². The van der Waals surface area contributed by atoms with E-state index < -0.39 is 0 Å². The SMILES string of the molecule is N#Cc1ccc(-c2cc(-c3ccc(C#N)cc3)cc(-c3ccc4c(oc5ccccc54)c3-c3nc(-c4ccccc4)nc(-c4ccc(-c5ccccc5)cc4)n3)c2)cc1. The summed E-state index contributed by atoms with van der Waals surface area (Å²) in [6, 6.07) is 67.0. The van der Waals surface area contributed by atoms with Gasteiger partial charge >= 0.3 is 0 Å². The first-order valence-corrected chi connectivity index (χ1v) is 19.2. The molecule has 2 aromatic heterocycles. The van der Waals surface area contributed by atoms with Crippen molar-refractivity contribution >= 4 is 21.9 Å². The van der Waals surface area contributed by atoms with Gasteiger partial charge in [0, 0.05) is 21.9 Å². The largest absolute Gasteiger partial charge is 0.455 e. The van der Waals surface area contributed by atoms with Gasteiger partial charge in [-0.05, 0) is 99.1 Å².